The third-order valence-corrected chi connectivity index (χ3v) is 5.16. The molecule has 0 aromatic rings. The zero-order chi connectivity index (χ0) is 15.1. The highest BCUT2D eigenvalue weighted by atomic mass is 16.4. The number of carboxylic acid groups (broad SMARTS) is 1. The molecule has 0 bridgehead atoms. The molecule has 2 aliphatic rings. The number of amides is 1. The van der Waals surface area contributed by atoms with Crippen molar-refractivity contribution in [3.63, 3.8) is 0 Å². The van der Waals surface area contributed by atoms with E-state index in [1.54, 1.807) is 0 Å². The van der Waals surface area contributed by atoms with Gasteiger partial charge in [0.1, 0.15) is 6.04 Å². The van der Waals surface area contributed by atoms with Gasteiger partial charge in [0, 0.05) is 5.92 Å². The molecule has 0 aliphatic heterocycles. The first-order valence-corrected chi connectivity index (χ1v) is 8.71. The van der Waals surface area contributed by atoms with E-state index in [4.69, 9.17) is 0 Å². The average molecular weight is 295 g/mol. The normalized spacial score (nSPS) is 23.8. The molecular formula is C17H29NO3. The number of hydrogen-bond donors (Lipinski definition) is 2. The number of aliphatic carboxylic acids is 1. The highest BCUT2D eigenvalue weighted by Crippen LogP contribution is 2.28. The summed E-state index contributed by atoms with van der Waals surface area (Å²) < 4.78 is 0. The number of carbonyl (C=O) groups excluding carboxylic acids is 1. The summed E-state index contributed by atoms with van der Waals surface area (Å²) in [5.41, 5.74) is 0. The van der Waals surface area contributed by atoms with Crippen LogP contribution in [0.25, 0.3) is 0 Å². The maximum atomic E-state index is 12.4. The number of carbonyl (C=O) groups is 2. The Kier molecular flexibility index (Phi) is 6.52. The lowest BCUT2D eigenvalue weighted by Gasteiger charge is -2.29. The van der Waals surface area contributed by atoms with Gasteiger partial charge in [0.2, 0.25) is 5.91 Å². The third kappa shape index (κ3) is 5.01. The largest absolute Gasteiger partial charge is 0.480 e. The van der Waals surface area contributed by atoms with Gasteiger partial charge in [-0.05, 0) is 31.6 Å². The summed E-state index contributed by atoms with van der Waals surface area (Å²) in [5.74, 6) is -0.736. The van der Waals surface area contributed by atoms with Crippen molar-refractivity contribution in [2.45, 2.75) is 83.1 Å². The van der Waals surface area contributed by atoms with E-state index in [-0.39, 0.29) is 17.7 Å². The Hall–Kier alpha value is -1.06. The van der Waals surface area contributed by atoms with E-state index >= 15 is 0 Å². The molecule has 4 nitrogen and oxygen atoms in total. The van der Waals surface area contributed by atoms with E-state index in [0.717, 1.165) is 51.4 Å². The van der Waals surface area contributed by atoms with E-state index in [0.29, 0.717) is 0 Å². The zero-order valence-electron chi connectivity index (χ0n) is 13.0. The summed E-state index contributed by atoms with van der Waals surface area (Å²) in [7, 11) is 0. The first kappa shape index (κ1) is 16.3. The Bertz CT molecular complexity index is 342. The smallest absolute Gasteiger partial charge is 0.326 e. The van der Waals surface area contributed by atoms with E-state index < -0.39 is 12.0 Å². The second-order valence-corrected chi connectivity index (χ2v) is 6.76. The minimum absolute atomic E-state index is 0.0186. The summed E-state index contributed by atoms with van der Waals surface area (Å²) >= 11 is 0. The predicted molar refractivity (Wildman–Crippen MR) is 82.0 cm³/mol. The van der Waals surface area contributed by atoms with Crippen LogP contribution in [-0.2, 0) is 9.59 Å². The minimum atomic E-state index is -0.860. The van der Waals surface area contributed by atoms with Crippen LogP contribution >= 0.6 is 0 Å². The summed E-state index contributed by atoms with van der Waals surface area (Å²) in [4.78, 5) is 24.0. The number of hydrogen-bond acceptors (Lipinski definition) is 2. The molecule has 2 saturated carbocycles. The van der Waals surface area contributed by atoms with Crippen molar-refractivity contribution in [1.82, 2.24) is 5.32 Å². The summed E-state index contributed by atoms with van der Waals surface area (Å²) in [5, 5.41) is 12.3. The Morgan fingerprint density at radius 2 is 1.29 bits per heavy atom. The summed E-state index contributed by atoms with van der Waals surface area (Å²) in [6, 6.07) is -0.678. The van der Waals surface area contributed by atoms with E-state index in [1.807, 2.05) is 0 Å². The molecule has 2 fully saturated rings. The van der Waals surface area contributed by atoms with Crippen LogP contribution in [0.5, 0.6) is 0 Å². The first-order chi connectivity index (χ1) is 10.2. The van der Waals surface area contributed by atoms with Gasteiger partial charge in [0.25, 0.3) is 0 Å². The molecule has 2 aliphatic carbocycles. The molecule has 2 rings (SSSR count). The quantitative estimate of drug-likeness (QED) is 0.834. The van der Waals surface area contributed by atoms with Crippen LogP contribution in [0.1, 0.15) is 77.0 Å². The topological polar surface area (TPSA) is 66.4 Å². The van der Waals surface area contributed by atoms with Crippen LogP contribution in [0.4, 0.5) is 0 Å². The minimum Gasteiger partial charge on any atom is -0.480 e. The van der Waals surface area contributed by atoms with Gasteiger partial charge >= 0.3 is 5.97 Å². The molecule has 0 aromatic carbocycles. The molecule has 0 saturated heterocycles. The molecular weight excluding hydrogens is 266 g/mol. The van der Waals surface area contributed by atoms with Gasteiger partial charge in [-0.15, -0.1) is 0 Å². The van der Waals surface area contributed by atoms with Crippen molar-refractivity contribution in [2.75, 3.05) is 0 Å². The Morgan fingerprint density at radius 1 is 0.810 bits per heavy atom. The predicted octanol–water partition coefficient (Wildman–Crippen LogP) is 3.50. The van der Waals surface area contributed by atoms with Crippen LogP contribution in [-0.4, -0.2) is 23.0 Å². The summed E-state index contributed by atoms with van der Waals surface area (Å²) in [6.45, 7) is 0. The van der Waals surface area contributed by atoms with E-state index in [1.165, 1.54) is 25.7 Å². The zero-order valence-corrected chi connectivity index (χ0v) is 13.0. The van der Waals surface area contributed by atoms with Gasteiger partial charge in [0.15, 0.2) is 0 Å². The monoisotopic (exact) mass is 295 g/mol. The molecule has 21 heavy (non-hydrogen) atoms. The van der Waals surface area contributed by atoms with Crippen molar-refractivity contribution >= 4 is 11.9 Å². The van der Waals surface area contributed by atoms with Crippen LogP contribution < -0.4 is 5.32 Å². The molecule has 1 atom stereocenters. The van der Waals surface area contributed by atoms with Gasteiger partial charge in [-0.2, -0.15) is 0 Å². The van der Waals surface area contributed by atoms with Crippen molar-refractivity contribution in [3.8, 4) is 0 Å². The van der Waals surface area contributed by atoms with Crippen molar-refractivity contribution in [1.29, 1.82) is 0 Å². The molecule has 4 heteroatoms. The first-order valence-electron chi connectivity index (χ1n) is 8.71. The molecule has 2 N–H and O–H groups in total. The fourth-order valence-electron chi connectivity index (χ4n) is 3.84. The molecule has 0 radical (unpaired) electrons. The Morgan fingerprint density at radius 3 is 1.86 bits per heavy atom. The maximum Gasteiger partial charge on any atom is 0.326 e. The third-order valence-electron chi connectivity index (χ3n) is 5.16. The van der Waals surface area contributed by atoms with Crippen molar-refractivity contribution < 1.29 is 14.7 Å². The fourth-order valence-corrected chi connectivity index (χ4v) is 3.84. The SMILES string of the molecule is O=C(NC(C(=O)O)C1CCCCC1)C1CCCCCCC1. The molecule has 0 spiro atoms. The van der Waals surface area contributed by atoms with Gasteiger partial charge in [-0.1, -0.05) is 51.4 Å². The molecule has 1 amide bonds. The van der Waals surface area contributed by atoms with Gasteiger partial charge < -0.3 is 10.4 Å². The van der Waals surface area contributed by atoms with Crippen LogP contribution in [0, 0.1) is 11.8 Å². The lowest BCUT2D eigenvalue weighted by molar-refractivity contribution is -0.144. The van der Waals surface area contributed by atoms with Crippen molar-refractivity contribution in [3.05, 3.63) is 0 Å². The van der Waals surface area contributed by atoms with Crippen LogP contribution in [0.15, 0.2) is 0 Å². The highest BCUT2D eigenvalue weighted by Gasteiger charge is 2.32. The number of nitrogens with one attached hydrogen (secondary N) is 1. The number of carboxylic acids is 1. The number of rotatable bonds is 4. The second kappa shape index (κ2) is 8.40. The lowest BCUT2D eigenvalue weighted by Crippen LogP contribution is -2.48. The van der Waals surface area contributed by atoms with Crippen molar-refractivity contribution in [2.24, 2.45) is 11.8 Å². The van der Waals surface area contributed by atoms with E-state index in [9.17, 15) is 14.7 Å². The van der Waals surface area contributed by atoms with Gasteiger partial charge in [-0.3, -0.25) is 4.79 Å². The Labute approximate surface area is 127 Å². The molecule has 0 heterocycles. The van der Waals surface area contributed by atoms with Crippen LogP contribution in [0.3, 0.4) is 0 Å². The van der Waals surface area contributed by atoms with Gasteiger partial charge in [0.05, 0.1) is 0 Å². The lowest BCUT2D eigenvalue weighted by atomic mass is 9.83. The molecule has 120 valence electrons. The Balaban J connectivity index is 1.91. The average Bonchev–Trinajstić information content (AvgIpc) is 2.44. The van der Waals surface area contributed by atoms with E-state index in [2.05, 4.69) is 5.32 Å². The molecule has 0 aromatic heterocycles. The summed E-state index contributed by atoms with van der Waals surface area (Å²) in [6.07, 6.45) is 13.0. The van der Waals surface area contributed by atoms with Crippen LogP contribution in [0.2, 0.25) is 0 Å². The second-order valence-electron chi connectivity index (χ2n) is 6.76. The highest BCUT2D eigenvalue weighted by molar-refractivity contribution is 5.85. The fraction of sp³-hybridized carbons (Fsp3) is 0.882. The van der Waals surface area contributed by atoms with Gasteiger partial charge in [-0.25, -0.2) is 4.79 Å². The molecule has 1 unspecified atom stereocenters. The maximum absolute atomic E-state index is 12.4. The standard InChI is InChI=1S/C17H29NO3/c19-16(14-11-5-2-1-3-6-12-14)18-15(17(20)21)13-9-7-4-8-10-13/h13-15H,1-12H2,(H,18,19)(H,20,21).